The third-order valence-electron chi connectivity index (χ3n) is 5.69. The second-order valence-electron chi connectivity index (χ2n) is 7.82. The standard InChI is InChI=1S/C23H24N4OS/c1-16(22(28)26-14-13-17-7-5-6-8-19(17)15-26)29-23-25-24-21(18-11-12-18)27(23)20-9-3-2-4-10-20/h2-10,16,18H,11-15H2,1H3/t16-/m1/s1. The van der Waals surface area contributed by atoms with Gasteiger partial charge in [-0.15, -0.1) is 10.2 Å². The highest BCUT2D eigenvalue weighted by Gasteiger charge is 2.32. The molecule has 1 aliphatic heterocycles. The third-order valence-corrected chi connectivity index (χ3v) is 6.72. The van der Waals surface area contributed by atoms with Crippen molar-refractivity contribution in [2.24, 2.45) is 0 Å². The molecule has 0 bridgehead atoms. The fourth-order valence-electron chi connectivity index (χ4n) is 3.93. The summed E-state index contributed by atoms with van der Waals surface area (Å²) in [5, 5.41) is 9.53. The quantitative estimate of drug-likeness (QED) is 0.598. The number of hydrogen-bond donors (Lipinski definition) is 0. The molecular formula is C23H24N4OS. The second kappa shape index (κ2) is 7.67. The summed E-state index contributed by atoms with van der Waals surface area (Å²) in [6.07, 6.45) is 3.25. The first-order valence-electron chi connectivity index (χ1n) is 10.2. The van der Waals surface area contributed by atoms with Crippen LogP contribution < -0.4 is 0 Å². The van der Waals surface area contributed by atoms with Gasteiger partial charge in [0.25, 0.3) is 0 Å². The van der Waals surface area contributed by atoms with Crippen LogP contribution in [0.2, 0.25) is 0 Å². The largest absolute Gasteiger partial charge is 0.337 e. The predicted octanol–water partition coefficient (Wildman–Crippen LogP) is 4.21. The minimum atomic E-state index is -0.209. The maximum Gasteiger partial charge on any atom is 0.236 e. The zero-order chi connectivity index (χ0) is 19.8. The smallest absolute Gasteiger partial charge is 0.236 e. The van der Waals surface area contributed by atoms with Crippen LogP contribution in [0.5, 0.6) is 0 Å². The summed E-state index contributed by atoms with van der Waals surface area (Å²) in [6, 6.07) is 18.6. The van der Waals surface area contributed by atoms with E-state index in [0.717, 1.165) is 42.5 Å². The van der Waals surface area contributed by atoms with Crippen LogP contribution in [0.1, 0.15) is 42.6 Å². The summed E-state index contributed by atoms with van der Waals surface area (Å²) in [7, 11) is 0. The van der Waals surface area contributed by atoms with E-state index in [4.69, 9.17) is 0 Å². The van der Waals surface area contributed by atoms with Crippen molar-refractivity contribution in [3.8, 4) is 5.69 Å². The van der Waals surface area contributed by atoms with Crippen molar-refractivity contribution in [1.82, 2.24) is 19.7 Å². The van der Waals surface area contributed by atoms with Crippen molar-refractivity contribution < 1.29 is 4.79 Å². The van der Waals surface area contributed by atoms with Crippen molar-refractivity contribution in [3.63, 3.8) is 0 Å². The van der Waals surface area contributed by atoms with Gasteiger partial charge in [-0.2, -0.15) is 0 Å². The summed E-state index contributed by atoms with van der Waals surface area (Å²) in [5.41, 5.74) is 3.68. The van der Waals surface area contributed by atoms with E-state index in [1.165, 1.54) is 22.9 Å². The molecule has 1 saturated carbocycles. The Bertz CT molecular complexity index is 1030. The van der Waals surface area contributed by atoms with Crippen LogP contribution >= 0.6 is 11.8 Å². The highest BCUT2D eigenvalue weighted by molar-refractivity contribution is 8.00. The van der Waals surface area contributed by atoms with E-state index in [1.54, 1.807) is 0 Å². The molecule has 0 unspecified atom stereocenters. The number of rotatable bonds is 5. The fraction of sp³-hybridized carbons (Fsp3) is 0.348. The molecule has 2 aliphatic rings. The molecule has 148 valence electrons. The average molecular weight is 405 g/mol. The highest BCUT2D eigenvalue weighted by atomic mass is 32.2. The number of carbonyl (C=O) groups is 1. The van der Waals surface area contributed by atoms with Gasteiger partial charge in [-0.3, -0.25) is 9.36 Å². The monoisotopic (exact) mass is 404 g/mol. The van der Waals surface area contributed by atoms with Crippen molar-refractivity contribution >= 4 is 17.7 Å². The highest BCUT2D eigenvalue weighted by Crippen LogP contribution is 2.41. The molecular weight excluding hydrogens is 380 g/mol. The average Bonchev–Trinajstić information content (AvgIpc) is 3.53. The van der Waals surface area contributed by atoms with Gasteiger partial charge in [0.15, 0.2) is 5.16 Å². The Balaban J connectivity index is 1.36. The van der Waals surface area contributed by atoms with E-state index < -0.39 is 0 Å². The fourth-order valence-corrected chi connectivity index (χ4v) is 4.89. The zero-order valence-electron chi connectivity index (χ0n) is 16.5. The molecule has 5 rings (SSSR count). The Morgan fingerprint density at radius 2 is 1.76 bits per heavy atom. The summed E-state index contributed by atoms with van der Waals surface area (Å²) in [4.78, 5) is 15.1. The van der Waals surface area contributed by atoms with Crippen LogP contribution in [0.3, 0.4) is 0 Å². The van der Waals surface area contributed by atoms with Crippen molar-refractivity contribution in [2.75, 3.05) is 6.54 Å². The third kappa shape index (κ3) is 3.69. The van der Waals surface area contributed by atoms with Gasteiger partial charge in [-0.25, -0.2) is 0 Å². The van der Waals surface area contributed by atoms with Crippen LogP contribution in [0, 0.1) is 0 Å². The van der Waals surface area contributed by atoms with Crippen LogP contribution in [0.25, 0.3) is 5.69 Å². The molecule has 3 aromatic rings. The minimum Gasteiger partial charge on any atom is -0.337 e. The van der Waals surface area contributed by atoms with Crippen molar-refractivity contribution in [2.45, 2.75) is 49.1 Å². The lowest BCUT2D eigenvalue weighted by atomic mass is 10.00. The van der Waals surface area contributed by atoms with Crippen LogP contribution in [-0.4, -0.2) is 37.4 Å². The number of nitrogens with zero attached hydrogens (tertiary/aromatic N) is 4. The number of amides is 1. The molecule has 1 atom stereocenters. The van der Waals surface area contributed by atoms with Crippen molar-refractivity contribution in [3.05, 3.63) is 71.5 Å². The molecule has 5 nitrogen and oxygen atoms in total. The van der Waals surface area contributed by atoms with Crippen LogP contribution in [0.4, 0.5) is 0 Å². The molecule has 0 N–H and O–H groups in total. The molecule has 1 aliphatic carbocycles. The van der Waals surface area contributed by atoms with E-state index in [0.29, 0.717) is 12.5 Å². The number of aromatic nitrogens is 3. The number of fused-ring (bicyclic) bond motifs is 1. The van der Waals surface area contributed by atoms with E-state index in [9.17, 15) is 4.79 Å². The molecule has 1 fully saturated rings. The summed E-state index contributed by atoms with van der Waals surface area (Å²) in [5.74, 6) is 1.67. The van der Waals surface area contributed by atoms with Gasteiger partial charge in [-0.1, -0.05) is 54.2 Å². The zero-order valence-corrected chi connectivity index (χ0v) is 17.3. The first-order chi connectivity index (χ1) is 14.2. The Morgan fingerprint density at radius 1 is 1.03 bits per heavy atom. The lowest BCUT2D eigenvalue weighted by molar-refractivity contribution is -0.131. The first kappa shape index (κ1) is 18.4. The Hall–Kier alpha value is -2.60. The number of hydrogen-bond acceptors (Lipinski definition) is 4. The molecule has 0 radical (unpaired) electrons. The molecule has 6 heteroatoms. The van der Waals surface area contributed by atoms with E-state index >= 15 is 0 Å². The van der Waals surface area contributed by atoms with Gasteiger partial charge < -0.3 is 4.90 Å². The number of carbonyl (C=O) groups excluding carboxylic acids is 1. The molecule has 2 heterocycles. The lowest BCUT2D eigenvalue weighted by Gasteiger charge is -2.30. The van der Waals surface area contributed by atoms with E-state index in [-0.39, 0.29) is 11.2 Å². The first-order valence-corrected chi connectivity index (χ1v) is 11.1. The SMILES string of the molecule is C[C@@H](Sc1nnc(C2CC2)n1-c1ccccc1)C(=O)N1CCc2ccccc2C1. The maximum atomic E-state index is 13.2. The lowest BCUT2D eigenvalue weighted by Crippen LogP contribution is -2.40. The predicted molar refractivity (Wildman–Crippen MR) is 114 cm³/mol. The number of para-hydroxylation sites is 1. The molecule has 29 heavy (non-hydrogen) atoms. The maximum absolute atomic E-state index is 13.2. The molecule has 0 saturated heterocycles. The number of thioether (sulfide) groups is 1. The van der Waals surface area contributed by atoms with Gasteiger partial charge >= 0.3 is 0 Å². The Labute approximate surface area is 175 Å². The molecule has 0 spiro atoms. The van der Waals surface area contributed by atoms with E-state index in [1.807, 2.05) is 36.1 Å². The van der Waals surface area contributed by atoms with Crippen LogP contribution in [-0.2, 0) is 17.8 Å². The Kier molecular flexibility index (Phi) is 4.87. The summed E-state index contributed by atoms with van der Waals surface area (Å²) in [6.45, 7) is 3.45. The number of benzene rings is 2. The topological polar surface area (TPSA) is 51.0 Å². The van der Waals surface area contributed by atoms with Crippen molar-refractivity contribution in [1.29, 1.82) is 0 Å². The summed E-state index contributed by atoms with van der Waals surface area (Å²) >= 11 is 1.51. The van der Waals surface area contributed by atoms with Gasteiger partial charge in [0, 0.05) is 24.7 Å². The Morgan fingerprint density at radius 3 is 2.52 bits per heavy atom. The van der Waals surface area contributed by atoms with E-state index in [2.05, 4.69) is 45.1 Å². The van der Waals surface area contributed by atoms with Gasteiger partial charge in [0.1, 0.15) is 5.82 Å². The molecule has 2 aromatic carbocycles. The normalized spacial score (nSPS) is 17.1. The van der Waals surface area contributed by atoms with Gasteiger partial charge in [0.05, 0.1) is 5.25 Å². The van der Waals surface area contributed by atoms with Gasteiger partial charge in [0.2, 0.25) is 5.91 Å². The minimum absolute atomic E-state index is 0.167. The molecule has 1 aromatic heterocycles. The second-order valence-corrected chi connectivity index (χ2v) is 9.13. The summed E-state index contributed by atoms with van der Waals surface area (Å²) < 4.78 is 2.14. The molecule has 1 amide bonds. The van der Waals surface area contributed by atoms with Gasteiger partial charge in [-0.05, 0) is 49.4 Å². The van der Waals surface area contributed by atoms with Crippen LogP contribution in [0.15, 0.2) is 59.8 Å².